The number of pyridine rings is 1. The van der Waals surface area contributed by atoms with Crippen LogP contribution >= 0.6 is 0 Å². The first-order valence-corrected chi connectivity index (χ1v) is 11.5. The van der Waals surface area contributed by atoms with Crippen molar-refractivity contribution in [3.8, 4) is 17.1 Å². The van der Waals surface area contributed by atoms with Crippen molar-refractivity contribution in [2.75, 3.05) is 7.05 Å². The van der Waals surface area contributed by atoms with Crippen LogP contribution in [-0.2, 0) is 23.2 Å². The second-order valence-corrected chi connectivity index (χ2v) is 9.12. The van der Waals surface area contributed by atoms with E-state index in [-0.39, 0.29) is 24.7 Å². The van der Waals surface area contributed by atoms with E-state index in [1.165, 1.54) is 9.58 Å². The zero-order valence-corrected chi connectivity index (χ0v) is 19.6. The minimum atomic E-state index is -0.855. The number of carbonyl (C=O) groups is 2. The highest BCUT2D eigenvalue weighted by Crippen LogP contribution is 2.31. The number of aromatic nitrogens is 4. The summed E-state index contributed by atoms with van der Waals surface area (Å²) in [5.41, 5.74) is 2.28. The zero-order chi connectivity index (χ0) is 24.4. The van der Waals surface area contributed by atoms with Crippen molar-refractivity contribution in [3.63, 3.8) is 0 Å². The minimum Gasteiger partial charge on any atom is -0.489 e. The van der Waals surface area contributed by atoms with Gasteiger partial charge in [-0.3, -0.25) is 4.79 Å². The van der Waals surface area contributed by atoms with E-state index in [1.54, 1.807) is 26.2 Å². The number of carbonyl (C=O) groups excluding carboxylic acids is 1. The molecule has 2 aromatic rings. The summed E-state index contributed by atoms with van der Waals surface area (Å²) in [7, 11) is 3.31. The molecule has 1 amide bonds. The molecule has 1 N–H and O–H groups in total. The van der Waals surface area contributed by atoms with E-state index in [0.717, 1.165) is 12.8 Å². The molecule has 10 nitrogen and oxygen atoms in total. The summed E-state index contributed by atoms with van der Waals surface area (Å²) in [5.74, 6) is -0.553. The standard InChI is InChI=1S/C23H30FN5O5/c1-13-20(34-17-6-4-5-14(9-17)22(30)31)8-7-18(25-13)21-19(29(3)27-26-21)12-33-23(32)28(2)16-10-15(24)11-16/h7-8,14-17H,4-6,9-12H2,1-3H3,(H,30,31)/t14-,15?,16?,17-/m0/s1. The fourth-order valence-corrected chi connectivity index (χ4v) is 4.42. The minimum absolute atomic E-state index is 0.0502. The summed E-state index contributed by atoms with van der Waals surface area (Å²) in [5, 5.41) is 17.5. The molecule has 2 aliphatic carbocycles. The van der Waals surface area contributed by atoms with Gasteiger partial charge in [0.2, 0.25) is 0 Å². The Morgan fingerprint density at radius 3 is 2.71 bits per heavy atom. The maximum absolute atomic E-state index is 13.1. The first kappa shape index (κ1) is 23.9. The molecule has 2 aromatic heterocycles. The van der Waals surface area contributed by atoms with Crippen molar-refractivity contribution in [1.29, 1.82) is 0 Å². The summed E-state index contributed by atoms with van der Waals surface area (Å²) in [6.45, 7) is 1.77. The lowest BCUT2D eigenvalue weighted by Gasteiger charge is -2.36. The van der Waals surface area contributed by atoms with Crippen molar-refractivity contribution in [1.82, 2.24) is 24.9 Å². The van der Waals surface area contributed by atoms with Crippen molar-refractivity contribution >= 4 is 12.1 Å². The van der Waals surface area contributed by atoms with Gasteiger partial charge < -0.3 is 19.5 Å². The van der Waals surface area contributed by atoms with E-state index in [9.17, 15) is 19.1 Å². The van der Waals surface area contributed by atoms with Gasteiger partial charge in [0, 0.05) is 20.1 Å². The molecule has 34 heavy (non-hydrogen) atoms. The van der Waals surface area contributed by atoms with Gasteiger partial charge in [0.05, 0.1) is 23.4 Å². The predicted molar refractivity (Wildman–Crippen MR) is 119 cm³/mol. The van der Waals surface area contributed by atoms with Gasteiger partial charge in [0.1, 0.15) is 29.9 Å². The molecule has 0 aliphatic heterocycles. The average molecular weight is 476 g/mol. The molecule has 0 radical (unpaired) electrons. The second kappa shape index (κ2) is 9.94. The summed E-state index contributed by atoms with van der Waals surface area (Å²) >= 11 is 0. The van der Waals surface area contributed by atoms with Crippen LogP contribution in [0.2, 0.25) is 0 Å². The van der Waals surface area contributed by atoms with Crippen LogP contribution in [0, 0.1) is 12.8 Å². The summed E-state index contributed by atoms with van der Waals surface area (Å²) < 4.78 is 26.1. The highest BCUT2D eigenvalue weighted by Gasteiger charge is 2.35. The second-order valence-electron chi connectivity index (χ2n) is 9.12. The number of aliphatic carboxylic acids is 1. The summed E-state index contributed by atoms with van der Waals surface area (Å²) in [4.78, 5) is 29.7. The predicted octanol–water partition coefficient (Wildman–Crippen LogP) is 3.28. The molecule has 2 heterocycles. The average Bonchev–Trinajstić information content (AvgIpc) is 3.16. The third kappa shape index (κ3) is 5.13. The van der Waals surface area contributed by atoms with Crippen LogP contribution < -0.4 is 4.74 Å². The van der Waals surface area contributed by atoms with Crippen molar-refractivity contribution in [2.24, 2.45) is 13.0 Å². The van der Waals surface area contributed by atoms with Crippen molar-refractivity contribution < 1.29 is 28.6 Å². The quantitative estimate of drug-likeness (QED) is 0.648. The number of rotatable bonds is 7. The van der Waals surface area contributed by atoms with Gasteiger partial charge in [-0.15, -0.1) is 5.10 Å². The number of alkyl halides is 1. The number of carboxylic acid groups (broad SMARTS) is 1. The molecule has 184 valence electrons. The van der Waals surface area contributed by atoms with E-state index < -0.39 is 18.2 Å². The third-order valence-electron chi connectivity index (χ3n) is 6.72. The molecule has 0 spiro atoms. The van der Waals surface area contributed by atoms with Crippen molar-refractivity contribution in [2.45, 2.75) is 70.4 Å². The topological polar surface area (TPSA) is 120 Å². The van der Waals surface area contributed by atoms with Crippen LogP contribution in [0.4, 0.5) is 9.18 Å². The lowest BCUT2D eigenvalue weighted by Crippen LogP contribution is -2.46. The number of ether oxygens (including phenoxy) is 2. The zero-order valence-electron chi connectivity index (χ0n) is 19.6. The molecule has 2 aliphatic rings. The SMILES string of the molecule is Cc1nc(-c2nnn(C)c2COC(=O)N(C)C2CC(F)C2)ccc1O[C@H]1CCC[C@H](C(=O)O)C1. The molecule has 0 aromatic carbocycles. The maximum atomic E-state index is 13.1. The number of amides is 1. The molecule has 2 fully saturated rings. The van der Waals surface area contributed by atoms with Crippen LogP contribution in [0.5, 0.6) is 5.75 Å². The lowest BCUT2D eigenvalue weighted by molar-refractivity contribution is -0.143. The van der Waals surface area contributed by atoms with Gasteiger partial charge in [-0.1, -0.05) is 5.21 Å². The largest absolute Gasteiger partial charge is 0.489 e. The number of aryl methyl sites for hydroxylation is 2. The maximum Gasteiger partial charge on any atom is 0.410 e. The molecule has 2 saturated carbocycles. The Labute approximate surface area is 197 Å². The fourth-order valence-electron chi connectivity index (χ4n) is 4.42. The molecular formula is C23H30FN5O5. The Balaban J connectivity index is 1.42. The van der Waals surface area contributed by atoms with Gasteiger partial charge in [-0.25, -0.2) is 18.9 Å². The lowest BCUT2D eigenvalue weighted by atomic mass is 9.87. The Morgan fingerprint density at radius 2 is 2.03 bits per heavy atom. The number of carboxylic acids is 1. The Hall–Kier alpha value is -3.24. The van der Waals surface area contributed by atoms with Gasteiger partial charge in [-0.05, 0) is 57.6 Å². The Kier molecular flexibility index (Phi) is 6.99. The van der Waals surface area contributed by atoms with Gasteiger partial charge in [0.25, 0.3) is 0 Å². The Morgan fingerprint density at radius 1 is 1.26 bits per heavy atom. The van der Waals surface area contributed by atoms with Gasteiger partial charge >= 0.3 is 12.1 Å². The van der Waals surface area contributed by atoms with E-state index in [4.69, 9.17) is 9.47 Å². The number of nitrogens with zero attached hydrogens (tertiary/aromatic N) is 5. The molecule has 0 unspecified atom stereocenters. The molecule has 2 atom stereocenters. The highest BCUT2D eigenvalue weighted by atomic mass is 19.1. The van der Waals surface area contributed by atoms with Crippen molar-refractivity contribution in [3.05, 3.63) is 23.5 Å². The number of hydrogen-bond acceptors (Lipinski definition) is 7. The molecule has 0 bridgehead atoms. The van der Waals surface area contributed by atoms with E-state index in [1.807, 2.05) is 6.92 Å². The number of hydrogen-bond donors (Lipinski definition) is 1. The fraction of sp³-hybridized carbons (Fsp3) is 0.609. The summed E-state index contributed by atoms with van der Waals surface area (Å²) in [6, 6.07) is 3.42. The third-order valence-corrected chi connectivity index (χ3v) is 6.72. The van der Waals surface area contributed by atoms with Crippen LogP contribution in [0.1, 0.15) is 49.9 Å². The number of halogens is 1. The van der Waals surface area contributed by atoms with E-state index >= 15 is 0 Å². The monoisotopic (exact) mass is 475 g/mol. The molecule has 11 heteroatoms. The first-order chi connectivity index (χ1) is 16.2. The highest BCUT2D eigenvalue weighted by molar-refractivity contribution is 5.70. The van der Waals surface area contributed by atoms with E-state index in [0.29, 0.717) is 54.2 Å². The van der Waals surface area contributed by atoms with Crippen LogP contribution in [0.3, 0.4) is 0 Å². The first-order valence-electron chi connectivity index (χ1n) is 11.5. The molecular weight excluding hydrogens is 445 g/mol. The van der Waals surface area contributed by atoms with Crippen LogP contribution in [-0.4, -0.2) is 67.4 Å². The molecule has 0 saturated heterocycles. The summed E-state index contributed by atoms with van der Waals surface area (Å²) in [6.07, 6.45) is 1.92. The molecule has 4 rings (SSSR count). The van der Waals surface area contributed by atoms with Gasteiger partial charge in [-0.2, -0.15) is 0 Å². The smallest absolute Gasteiger partial charge is 0.410 e. The van der Waals surface area contributed by atoms with Gasteiger partial charge in [0.15, 0.2) is 0 Å². The van der Waals surface area contributed by atoms with Crippen LogP contribution in [0.25, 0.3) is 11.4 Å². The Bertz CT molecular complexity index is 1050. The normalized spacial score (nSPS) is 24.2. The van der Waals surface area contributed by atoms with Crippen LogP contribution in [0.15, 0.2) is 12.1 Å². The van der Waals surface area contributed by atoms with E-state index in [2.05, 4.69) is 15.3 Å².